The van der Waals surface area contributed by atoms with Crippen molar-refractivity contribution in [2.45, 2.75) is 110 Å². The lowest BCUT2D eigenvalue weighted by Crippen LogP contribution is -2.79. The molecule has 3 aliphatic carbocycles. The quantitative estimate of drug-likeness (QED) is 0.274. The minimum atomic E-state index is -2.60. The highest BCUT2D eigenvalue weighted by atomic mass is 28.4. The van der Waals surface area contributed by atoms with Gasteiger partial charge in [0.2, 0.25) is 8.32 Å². The number of benzene rings is 1. The van der Waals surface area contributed by atoms with Gasteiger partial charge in [0.05, 0.1) is 35.9 Å². The number of hydrogen-bond acceptors (Lipinski definition) is 8. The van der Waals surface area contributed by atoms with Crippen LogP contribution in [0.3, 0.4) is 0 Å². The number of aliphatic hydroxyl groups excluding tert-OH is 1. The first kappa shape index (κ1) is 30.6. The summed E-state index contributed by atoms with van der Waals surface area (Å²) in [6, 6.07) is 9.95. The molecule has 1 saturated heterocycles. The molecule has 1 aromatic rings. The maximum absolute atomic E-state index is 15.2. The molecule has 0 radical (unpaired) electrons. The van der Waals surface area contributed by atoms with Crippen LogP contribution in [0.15, 0.2) is 41.5 Å². The highest BCUT2D eigenvalue weighted by Gasteiger charge is 2.75. The molecule has 1 heterocycles. The Balaban J connectivity index is 1.75. The second-order valence-corrected chi connectivity index (χ2v) is 17.8. The number of carbonyl (C=O) groups excluding carboxylic acids is 2. The number of ether oxygens (including phenoxy) is 2. The van der Waals surface area contributed by atoms with Crippen molar-refractivity contribution in [1.29, 1.82) is 0 Å². The topological polar surface area (TPSA) is 123 Å². The fourth-order valence-corrected chi connectivity index (χ4v) is 10.9. The van der Waals surface area contributed by atoms with Crippen LogP contribution in [0, 0.1) is 22.7 Å². The van der Waals surface area contributed by atoms with Gasteiger partial charge in [0.25, 0.3) is 0 Å². The molecule has 3 N–H and O–H groups in total. The van der Waals surface area contributed by atoms with E-state index in [4.69, 9.17) is 13.9 Å². The minimum absolute atomic E-state index is 0.0297. The average molecular weight is 587 g/mol. The van der Waals surface area contributed by atoms with Gasteiger partial charge in [0, 0.05) is 30.6 Å². The highest BCUT2D eigenvalue weighted by molar-refractivity contribution is 6.84. The lowest BCUT2D eigenvalue weighted by atomic mass is 9.43. The lowest BCUT2D eigenvalue weighted by molar-refractivity contribution is -0.334. The van der Waals surface area contributed by atoms with E-state index in [1.54, 1.807) is 13.8 Å². The van der Waals surface area contributed by atoms with Crippen molar-refractivity contribution < 1.29 is 38.8 Å². The van der Waals surface area contributed by atoms with Crippen LogP contribution in [0.4, 0.5) is 0 Å². The largest absolute Gasteiger partial charge is 0.450 e. The number of aliphatic hydroxyl groups is 3. The van der Waals surface area contributed by atoms with E-state index in [0.29, 0.717) is 17.6 Å². The SMILES string of the molecule is CCC(=O)OC1C(=O)[C@]2(C)C(O[Si](C)(C)c3ccccc3)CC3OC[C@@]3(O)C2C(C)C2(O)CC(O)C(C)=C1C2(C)C. The third kappa shape index (κ3) is 4.18. The van der Waals surface area contributed by atoms with Gasteiger partial charge in [-0.1, -0.05) is 58.0 Å². The van der Waals surface area contributed by atoms with Crippen molar-refractivity contribution in [1.82, 2.24) is 0 Å². The van der Waals surface area contributed by atoms with Gasteiger partial charge in [-0.25, -0.2) is 0 Å². The van der Waals surface area contributed by atoms with Crippen LogP contribution in [0.1, 0.15) is 60.8 Å². The zero-order valence-electron chi connectivity index (χ0n) is 25.6. The smallest absolute Gasteiger partial charge is 0.306 e. The normalized spacial score (nSPS) is 41.9. The van der Waals surface area contributed by atoms with Crippen molar-refractivity contribution in [3.63, 3.8) is 0 Å². The number of rotatable bonds is 5. The van der Waals surface area contributed by atoms with Gasteiger partial charge in [-0.2, -0.15) is 0 Å². The fourth-order valence-electron chi connectivity index (χ4n) is 8.71. The molecule has 1 aliphatic heterocycles. The van der Waals surface area contributed by atoms with Gasteiger partial charge in [-0.15, -0.1) is 0 Å². The summed E-state index contributed by atoms with van der Waals surface area (Å²) in [4.78, 5) is 28.0. The first-order chi connectivity index (χ1) is 19.0. The van der Waals surface area contributed by atoms with Crippen LogP contribution in [-0.4, -0.2) is 77.6 Å². The van der Waals surface area contributed by atoms with Crippen molar-refractivity contribution in [2.24, 2.45) is 22.7 Å². The molecular formula is C32H46O8Si. The number of ketones is 1. The molecule has 2 bridgehead atoms. The zero-order valence-corrected chi connectivity index (χ0v) is 26.6. The Labute approximate surface area is 244 Å². The summed E-state index contributed by atoms with van der Waals surface area (Å²) in [5.74, 6) is -2.35. The average Bonchev–Trinajstić information content (AvgIpc) is 2.91. The van der Waals surface area contributed by atoms with E-state index in [1.807, 2.05) is 58.0 Å². The molecule has 9 heteroatoms. The Hall–Kier alpha value is -1.88. The van der Waals surface area contributed by atoms with E-state index in [1.165, 1.54) is 0 Å². The fraction of sp³-hybridized carbons (Fsp3) is 0.688. The molecule has 3 fully saturated rings. The molecule has 8 nitrogen and oxygen atoms in total. The van der Waals surface area contributed by atoms with Crippen LogP contribution in [0.25, 0.3) is 0 Å². The van der Waals surface area contributed by atoms with Gasteiger partial charge in [0.1, 0.15) is 5.60 Å². The lowest BCUT2D eigenvalue weighted by Gasteiger charge is -2.68. The summed E-state index contributed by atoms with van der Waals surface area (Å²) >= 11 is 0. The number of fused-ring (bicyclic) bond motifs is 5. The Bertz CT molecular complexity index is 1260. The maximum Gasteiger partial charge on any atom is 0.306 e. The summed E-state index contributed by atoms with van der Waals surface area (Å²) in [6.07, 6.45) is -3.23. The monoisotopic (exact) mass is 586 g/mol. The standard InChI is InChI=1S/C32H46O8Si/c1-9-24(34)39-26-25-18(2)21(33)16-32(37,29(25,4)5)19(3)27-30(6,28(26)35)22(15-23-31(27,36)17-38-23)40-41(7,8)20-13-11-10-12-14-20/h10-14,19,21-23,26-27,33,36-37H,9,15-17H2,1-8H3/t19?,21?,22?,23?,26?,27?,30-,31+,32?/m1/s1. The van der Waals surface area contributed by atoms with Crippen molar-refractivity contribution in [2.75, 3.05) is 6.61 Å². The maximum atomic E-state index is 15.2. The van der Waals surface area contributed by atoms with Crippen molar-refractivity contribution in [3.8, 4) is 0 Å². The van der Waals surface area contributed by atoms with Crippen LogP contribution >= 0.6 is 0 Å². The van der Waals surface area contributed by atoms with Crippen LogP contribution < -0.4 is 5.19 Å². The number of esters is 1. The zero-order chi connectivity index (χ0) is 30.3. The second kappa shape index (κ2) is 9.82. The first-order valence-electron chi connectivity index (χ1n) is 14.9. The number of hydrogen-bond donors (Lipinski definition) is 3. The van der Waals surface area contributed by atoms with E-state index in [2.05, 4.69) is 13.1 Å². The third-order valence-electron chi connectivity index (χ3n) is 11.3. The van der Waals surface area contributed by atoms with E-state index in [0.717, 1.165) is 5.19 Å². The molecule has 226 valence electrons. The van der Waals surface area contributed by atoms with E-state index in [-0.39, 0.29) is 25.2 Å². The molecular weight excluding hydrogens is 540 g/mol. The molecule has 0 spiro atoms. The Morgan fingerprint density at radius 1 is 1.15 bits per heavy atom. The molecule has 0 amide bonds. The summed E-state index contributed by atoms with van der Waals surface area (Å²) in [6.45, 7) is 15.0. The Morgan fingerprint density at radius 3 is 2.34 bits per heavy atom. The minimum Gasteiger partial charge on any atom is -0.450 e. The van der Waals surface area contributed by atoms with E-state index >= 15 is 4.79 Å². The summed E-state index contributed by atoms with van der Waals surface area (Å²) in [7, 11) is -2.60. The molecule has 1 aromatic carbocycles. The summed E-state index contributed by atoms with van der Waals surface area (Å²) in [5, 5.41) is 37.2. The predicted octanol–water partition coefficient (Wildman–Crippen LogP) is 3.02. The molecule has 2 saturated carbocycles. The predicted molar refractivity (Wildman–Crippen MR) is 156 cm³/mol. The summed E-state index contributed by atoms with van der Waals surface area (Å²) < 4.78 is 18.9. The van der Waals surface area contributed by atoms with Gasteiger partial charge in [-0.05, 0) is 49.2 Å². The van der Waals surface area contributed by atoms with E-state index in [9.17, 15) is 20.1 Å². The van der Waals surface area contributed by atoms with Crippen molar-refractivity contribution >= 4 is 25.3 Å². The van der Waals surface area contributed by atoms with Crippen LogP contribution in [0.5, 0.6) is 0 Å². The van der Waals surface area contributed by atoms with Gasteiger partial charge in [0.15, 0.2) is 11.9 Å². The summed E-state index contributed by atoms with van der Waals surface area (Å²) in [5.41, 5.74) is -4.35. The molecule has 0 aromatic heterocycles. The van der Waals surface area contributed by atoms with Crippen LogP contribution in [-0.2, 0) is 23.5 Å². The Kier molecular flexibility index (Phi) is 7.32. The third-order valence-corrected chi connectivity index (χ3v) is 13.9. The molecule has 4 aliphatic rings. The molecule has 9 atom stereocenters. The van der Waals surface area contributed by atoms with Gasteiger partial charge >= 0.3 is 5.97 Å². The van der Waals surface area contributed by atoms with E-state index < -0.39 is 72.6 Å². The highest BCUT2D eigenvalue weighted by Crippen LogP contribution is 2.65. The number of Topliss-reactive ketones (excluding diaryl/α,β-unsaturated/α-hetero) is 1. The van der Waals surface area contributed by atoms with Crippen LogP contribution in [0.2, 0.25) is 13.1 Å². The van der Waals surface area contributed by atoms with Gasteiger partial charge < -0.3 is 29.2 Å². The first-order valence-corrected chi connectivity index (χ1v) is 17.8. The molecule has 5 rings (SSSR count). The van der Waals surface area contributed by atoms with Gasteiger partial charge in [-0.3, -0.25) is 9.59 Å². The van der Waals surface area contributed by atoms with Crippen molar-refractivity contribution in [3.05, 3.63) is 41.5 Å². The molecule has 7 unspecified atom stereocenters. The second-order valence-electron chi connectivity index (χ2n) is 14.0. The molecule has 41 heavy (non-hydrogen) atoms. The Morgan fingerprint density at radius 2 is 1.78 bits per heavy atom. The number of carbonyl (C=O) groups is 2.